The van der Waals surface area contributed by atoms with E-state index in [1.165, 1.54) is 6.26 Å². The number of nitrogens with one attached hydrogen (secondary N) is 2. The van der Waals surface area contributed by atoms with Gasteiger partial charge in [-0.3, -0.25) is 4.99 Å². The molecule has 1 aliphatic rings. The molecule has 0 aromatic heterocycles. The lowest BCUT2D eigenvalue weighted by Crippen LogP contribution is -2.50. The van der Waals surface area contributed by atoms with E-state index in [0.717, 1.165) is 38.4 Å². The fourth-order valence-electron chi connectivity index (χ4n) is 2.40. The molecule has 0 spiro atoms. The monoisotopic (exact) mass is 446 g/mol. The summed E-state index contributed by atoms with van der Waals surface area (Å²) >= 11 is 0. The van der Waals surface area contributed by atoms with Crippen LogP contribution in [0.5, 0.6) is 0 Å². The van der Waals surface area contributed by atoms with Gasteiger partial charge in [-0.25, -0.2) is 8.42 Å². The van der Waals surface area contributed by atoms with Crippen LogP contribution in [0.3, 0.4) is 0 Å². The van der Waals surface area contributed by atoms with Crippen molar-refractivity contribution in [3.8, 4) is 0 Å². The third kappa shape index (κ3) is 9.14. The molecular weight excluding hydrogens is 415 g/mol. The first-order valence-electron chi connectivity index (χ1n) is 7.78. The van der Waals surface area contributed by atoms with Crippen LogP contribution < -0.4 is 10.6 Å². The first kappa shape index (κ1) is 21.9. The van der Waals surface area contributed by atoms with Crippen LogP contribution in [0, 0.1) is 0 Å². The summed E-state index contributed by atoms with van der Waals surface area (Å²) < 4.78 is 22.3. The fourth-order valence-corrected chi connectivity index (χ4v) is 2.82. The summed E-state index contributed by atoms with van der Waals surface area (Å²) in [6, 6.07) is 1.01. The molecule has 0 bridgehead atoms. The van der Waals surface area contributed by atoms with Crippen molar-refractivity contribution < 1.29 is 8.42 Å². The lowest BCUT2D eigenvalue weighted by atomic mass is 10.0. The van der Waals surface area contributed by atoms with Crippen LogP contribution in [0.4, 0.5) is 0 Å². The highest BCUT2D eigenvalue weighted by Crippen LogP contribution is 2.12. The zero-order valence-corrected chi connectivity index (χ0v) is 17.3. The molecule has 0 radical (unpaired) electrons. The second-order valence-corrected chi connectivity index (χ2v) is 8.20. The average Bonchev–Trinajstić information content (AvgIpc) is 2.38. The first-order chi connectivity index (χ1) is 9.81. The predicted octanol–water partition coefficient (Wildman–Crippen LogP) is 1.08. The quantitative estimate of drug-likeness (QED) is 0.363. The molecule has 0 amide bonds. The third-order valence-corrected chi connectivity index (χ3v) is 4.60. The van der Waals surface area contributed by atoms with E-state index in [4.69, 9.17) is 0 Å². The number of hydrogen-bond donors (Lipinski definition) is 2. The number of rotatable bonds is 6. The van der Waals surface area contributed by atoms with Gasteiger partial charge in [0, 0.05) is 38.0 Å². The summed E-state index contributed by atoms with van der Waals surface area (Å²) in [6.07, 6.45) is 3.42. The SMILES string of the molecule is CCNC(=NCCS(C)(=O)=O)NC1CCN(C(C)C)CC1.I. The Bertz CT molecular complexity index is 432. The lowest BCUT2D eigenvalue weighted by Gasteiger charge is -2.35. The highest BCUT2D eigenvalue weighted by molar-refractivity contribution is 14.0. The Hall–Kier alpha value is -0.0900. The number of halogens is 1. The Morgan fingerprint density at radius 3 is 2.36 bits per heavy atom. The minimum Gasteiger partial charge on any atom is -0.357 e. The molecule has 0 unspecified atom stereocenters. The minimum atomic E-state index is -2.95. The van der Waals surface area contributed by atoms with Crippen LogP contribution in [0.2, 0.25) is 0 Å². The van der Waals surface area contributed by atoms with Crippen LogP contribution in [-0.2, 0) is 9.84 Å². The molecule has 1 saturated heterocycles. The zero-order chi connectivity index (χ0) is 15.9. The Labute approximate surface area is 152 Å². The molecule has 6 nitrogen and oxygen atoms in total. The van der Waals surface area contributed by atoms with Gasteiger partial charge in [-0.05, 0) is 33.6 Å². The lowest BCUT2D eigenvalue weighted by molar-refractivity contribution is 0.167. The van der Waals surface area contributed by atoms with E-state index < -0.39 is 9.84 Å². The second kappa shape index (κ2) is 10.6. The summed E-state index contributed by atoms with van der Waals surface area (Å²) in [5.74, 6) is 0.819. The number of nitrogens with zero attached hydrogens (tertiary/aromatic N) is 2. The Morgan fingerprint density at radius 1 is 1.32 bits per heavy atom. The van der Waals surface area contributed by atoms with Crippen LogP contribution in [0.25, 0.3) is 0 Å². The molecular formula is C14H31IN4O2S. The summed E-state index contributed by atoms with van der Waals surface area (Å²) in [5, 5.41) is 6.60. The molecule has 0 aliphatic carbocycles. The van der Waals surface area contributed by atoms with E-state index in [1.54, 1.807) is 0 Å². The smallest absolute Gasteiger partial charge is 0.191 e. The van der Waals surface area contributed by atoms with Gasteiger partial charge in [0.2, 0.25) is 0 Å². The molecule has 22 heavy (non-hydrogen) atoms. The number of hydrogen-bond acceptors (Lipinski definition) is 4. The number of piperidine rings is 1. The van der Waals surface area contributed by atoms with Gasteiger partial charge in [-0.15, -0.1) is 24.0 Å². The maximum Gasteiger partial charge on any atom is 0.191 e. The van der Waals surface area contributed by atoms with Crippen LogP contribution in [-0.4, -0.2) is 69.5 Å². The van der Waals surface area contributed by atoms with E-state index >= 15 is 0 Å². The predicted molar refractivity (Wildman–Crippen MR) is 104 cm³/mol. The van der Waals surface area contributed by atoms with Gasteiger partial charge in [-0.1, -0.05) is 0 Å². The summed E-state index contributed by atoms with van der Waals surface area (Å²) in [6.45, 7) is 9.73. The molecule has 132 valence electrons. The van der Waals surface area contributed by atoms with Gasteiger partial charge >= 0.3 is 0 Å². The Kier molecular flexibility index (Phi) is 10.6. The van der Waals surface area contributed by atoms with Gasteiger partial charge in [0.15, 0.2) is 5.96 Å². The van der Waals surface area contributed by atoms with Crippen molar-refractivity contribution in [2.24, 2.45) is 4.99 Å². The van der Waals surface area contributed by atoms with Crippen molar-refractivity contribution in [3.63, 3.8) is 0 Å². The molecule has 1 fully saturated rings. The Morgan fingerprint density at radius 2 is 1.91 bits per heavy atom. The Balaban J connectivity index is 0.00000441. The van der Waals surface area contributed by atoms with E-state index in [-0.39, 0.29) is 29.7 Å². The van der Waals surface area contributed by atoms with Crippen molar-refractivity contribution in [1.29, 1.82) is 0 Å². The number of likely N-dealkylation sites (tertiary alicyclic amines) is 1. The number of aliphatic imine (C=N–C) groups is 1. The van der Waals surface area contributed by atoms with Crippen LogP contribution >= 0.6 is 24.0 Å². The zero-order valence-electron chi connectivity index (χ0n) is 14.1. The number of sulfone groups is 1. The van der Waals surface area contributed by atoms with Gasteiger partial charge < -0.3 is 15.5 Å². The van der Waals surface area contributed by atoms with Gasteiger partial charge in [0.1, 0.15) is 9.84 Å². The van der Waals surface area contributed by atoms with Crippen LogP contribution in [0.1, 0.15) is 33.6 Å². The highest BCUT2D eigenvalue weighted by atomic mass is 127. The maximum atomic E-state index is 11.1. The van der Waals surface area contributed by atoms with Crippen molar-refractivity contribution >= 4 is 39.8 Å². The van der Waals surface area contributed by atoms with Crippen LogP contribution in [0.15, 0.2) is 4.99 Å². The summed E-state index contributed by atoms with van der Waals surface area (Å²) in [4.78, 5) is 6.83. The molecule has 0 aromatic rings. The second-order valence-electron chi connectivity index (χ2n) is 5.94. The maximum absolute atomic E-state index is 11.1. The molecule has 8 heteroatoms. The molecule has 1 heterocycles. The van der Waals surface area contributed by atoms with E-state index in [2.05, 4.69) is 34.4 Å². The van der Waals surface area contributed by atoms with Gasteiger partial charge in [0.25, 0.3) is 0 Å². The minimum absolute atomic E-state index is 0. The largest absolute Gasteiger partial charge is 0.357 e. The van der Waals surface area contributed by atoms with E-state index in [1.807, 2.05) is 6.92 Å². The summed E-state index contributed by atoms with van der Waals surface area (Å²) in [7, 11) is -2.95. The van der Waals surface area contributed by atoms with Gasteiger partial charge in [0.05, 0.1) is 12.3 Å². The van der Waals surface area contributed by atoms with Crippen molar-refractivity contribution in [3.05, 3.63) is 0 Å². The third-order valence-electron chi connectivity index (χ3n) is 3.68. The first-order valence-corrected chi connectivity index (χ1v) is 9.84. The fraction of sp³-hybridized carbons (Fsp3) is 0.929. The molecule has 2 N–H and O–H groups in total. The topological polar surface area (TPSA) is 73.8 Å². The molecule has 0 saturated carbocycles. The average molecular weight is 446 g/mol. The van der Waals surface area contributed by atoms with E-state index in [9.17, 15) is 8.42 Å². The molecule has 0 aromatic carbocycles. The standard InChI is InChI=1S/C14H30N4O2S.HI/c1-5-15-14(16-8-11-21(4,19)20)17-13-6-9-18(10-7-13)12(2)3;/h12-13H,5-11H2,1-4H3,(H2,15,16,17);1H. The summed E-state index contributed by atoms with van der Waals surface area (Å²) in [5.41, 5.74) is 0. The molecule has 1 aliphatic heterocycles. The van der Waals surface area contributed by atoms with E-state index in [0.29, 0.717) is 18.6 Å². The van der Waals surface area contributed by atoms with Gasteiger partial charge in [-0.2, -0.15) is 0 Å². The molecule has 0 atom stereocenters. The van der Waals surface area contributed by atoms with Crippen molar-refractivity contribution in [1.82, 2.24) is 15.5 Å². The van der Waals surface area contributed by atoms with Crippen molar-refractivity contribution in [2.45, 2.75) is 45.7 Å². The molecule has 1 rings (SSSR count). The normalized spacial score (nSPS) is 18.1. The number of guanidine groups is 1. The van der Waals surface area contributed by atoms with Crippen molar-refractivity contribution in [2.75, 3.05) is 38.2 Å². The highest BCUT2D eigenvalue weighted by Gasteiger charge is 2.21.